The number of pyridine rings is 1. The third-order valence-electron chi connectivity index (χ3n) is 2.40. The molecule has 0 saturated carbocycles. The molecule has 4 heteroatoms. The van der Waals surface area contributed by atoms with Crippen LogP contribution < -0.4 is 10.3 Å². The molecule has 2 aromatic rings. The van der Waals surface area contributed by atoms with E-state index in [1.165, 1.54) is 0 Å². The number of rotatable bonds is 4. The lowest BCUT2D eigenvalue weighted by Gasteiger charge is -2.06. The number of aromatic nitrogens is 1. The second-order valence-electron chi connectivity index (χ2n) is 3.47. The van der Waals surface area contributed by atoms with Crippen LogP contribution in [0.4, 0.5) is 5.69 Å². The molecule has 0 aliphatic heterocycles. The number of nitrogens with one attached hydrogen (secondary N) is 2. The number of aromatic amines is 1. The van der Waals surface area contributed by atoms with E-state index in [9.17, 15) is 0 Å². The number of ether oxygens (including phenoxy) is 1. The fourth-order valence-electron chi connectivity index (χ4n) is 1.64. The van der Waals surface area contributed by atoms with Gasteiger partial charge in [0, 0.05) is 19.7 Å². The number of benzene rings is 1. The van der Waals surface area contributed by atoms with Crippen molar-refractivity contribution in [1.29, 1.82) is 0 Å². The second kappa shape index (κ2) is 5.14. The standard InChI is InChI=1S/C12H13ClN2O/c1-16-8-7-14-11-5-6-15-12-9(11)3-2-4-10(12)13/h2-6H,7-8H2,1H3,(H,14,15)/p+1. The van der Waals surface area contributed by atoms with Gasteiger partial charge in [-0.2, -0.15) is 0 Å². The summed E-state index contributed by atoms with van der Waals surface area (Å²) < 4.78 is 5.00. The molecule has 0 spiro atoms. The highest BCUT2D eigenvalue weighted by Gasteiger charge is 2.08. The SMILES string of the molecule is COCCNc1cc[nH+]c2c(Cl)cccc12. The number of hydrogen-bond donors (Lipinski definition) is 1. The van der Waals surface area contributed by atoms with Crippen LogP contribution in [0.3, 0.4) is 0 Å². The number of hydrogen-bond acceptors (Lipinski definition) is 2. The topological polar surface area (TPSA) is 35.4 Å². The Hall–Kier alpha value is -1.32. The molecule has 0 bridgehead atoms. The Balaban J connectivity index is 2.34. The van der Waals surface area contributed by atoms with Crippen LogP contribution in [0.25, 0.3) is 10.9 Å². The average Bonchev–Trinajstić information content (AvgIpc) is 2.31. The highest BCUT2D eigenvalue weighted by atomic mass is 35.5. The minimum Gasteiger partial charge on any atom is -0.383 e. The molecule has 0 saturated heterocycles. The molecule has 0 aliphatic rings. The Bertz CT molecular complexity index is 487. The Morgan fingerprint density at radius 2 is 2.25 bits per heavy atom. The molecule has 0 fully saturated rings. The van der Waals surface area contributed by atoms with Crippen molar-refractivity contribution in [2.24, 2.45) is 0 Å². The summed E-state index contributed by atoms with van der Waals surface area (Å²) in [6.07, 6.45) is 1.88. The first-order valence-electron chi connectivity index (χ1n) is 5.14. The number of anilines is 1. The highest BCUT2D eigenvalue weighted by molar-refractivity contribution is 6.34. The largest absolute Gasteiger partial charge is 0.383 e. The minimum absolute atomic E-state index is 0.681. The fourth-order valence-corrected chi connectivity index (χ4v) is 1.86. The molecule has 0 unspecified atom stereocenters. The van der Waals surface area contributed by atoms with Crippen LogP contribution in [0, 0.1) is 0 Å². The van der Waals surface area contributed by atoms with Gasteiger partial charge in [0.25, 0.3) is 0 Å². The van der Waals surface area contributed by atoms with Crippen molar-refractivity contribution in [2.45, 2.75) is 0 Å². The third-order valence-corrected chi connectivity index (χ3v) is 2.72. The summed E-state index contributed by atoms with van der Waals surface area (Å²) in [7, 11) is 1.69. The predicted octanol–water partition coefficient (Wildman–Crippen LogP) is 2.37. The van der Waals surface area contributed by atoms with E-state index in [-0.39, 0.29) is 0 Å². The molecule has 1 aromatic carbocycles. The van der Waals surface area contributed by atoms with E-state index in [2.05, 4.69) is 10.3 Å². The first-order valence-corrected chi connectivity index (χ1v) is 5.52. The molecule has 2 rings (SSSR count). The molecule has 0 atom stereocenters. The van der Waals surface area contributed by atoms with Gasteiger partial charge in [-0.05, 0) is 12.1 Å². The second-order valence-corrected chi connectivity index (χ2v) is 3.88. The summed E-state index contributed by atoms with van der Waals surface area (Å²) in [6, 6.07) is 7.85. The molecule has 3 nitrogen and oxygen atoms in total. The molecule has 0 aliphatic carbocycles. The maximum Gasteiger partial charge on any atom is 0.231 e. The van der Waals surface area contributed by atoms with E-state index in [1.54, 1.807) is 7.11 Å². The zero-order valence-corrected chi connectivity index (χ0v) is 9.84. The van der Waals surface area contributed by atoms with Crippen LogP contribution in [-0.4, -0.2) is 20.3 Å². The van der Waals surface area contributed by atoms with Crippen LogP contribution in [0.2, 0.25) is 5.02 Å². The van der Waals surface area contributed by atoms with Crippen LogP contribution in [0.5, 0.6) is 0 Å². The lowest BCUT2D eigenvalue weighted by Crippen LogP contribution is -2.10. The number of H-pyrrole nitrogens is 1. The summed E-state index contributed by atoms with van der Waals surface area (Å²) in [6.45, 7) is 1.46. The van der Waals surface area contributed by atoms with Crippen molar-refractivity contribution in [3.63, 3.8) is 0 Å². The van der Waals surface area contributed by atoms with Crippen LogP contribution in [0.1, 0.15) is 0 Å². The van der Waals surface area contributed by atoms with Crippen molar-refractivity contribution in [2.75, 3.05) is 25.6 Å². The maximum atomic E-state index is 6.11. The van der Waals surface area contributed by atoms with E-state index >= 15 is 0 Å². The number of fused-ring (bicyclic) bond motifs is 1. The van der Waals surface area contributed by atoms with E-state index in [1.807, 2.05) is 30.5 Å². The van der Waals surface area contributed by atoms with Crippen molar-refractivity contribution >= 4 is 28.2 Å². The lowest BCUT2D eigenvalue weighted by molar-refractivity contribution is -0.344. The Morgan fingerprint density at radius 3 is 3.06 bits per heavy atom. The minimum atomic E-state index is 0.681. The molecule has 84 valence electrons. The monoisotopic (exact) mass is 237 g/mol. The molecule has 1 heterocycles. The Labute approximate surface area is 99.4 Å². The zero-order valence-electron chi connectivity index (χ0n) is 9.09. The molecular formula is C12H14ClN2O+. The van der Waals surface area contributed by atoms with Crippen LogP contribution >= 0.6 is 11.6 Å². The number of methoxy groups -OCH3 is 1. The van der Waals surface area contributed by atoms with Gasteiger partial charge in [-0.3, -0.25) is 0 Å². The van der Waals surface area contributed by atoms with E-state index < -0.39 is 0 Å². The van der Waals surface area contributed by atoms with Crippen molar-refractivity contribution < 1.29 is 9.72 Å². The Morgan fingerprint density at radius 1 is 1.38 bits per heavy atom. The molecule has 16 heavy (non-hydrogen) atoms. The number of para-hydroxylation sites is 1. The van der Waals surface area contributed by atoms with Crippen LogP contribution in [-0.2, 0) is 4.74 Å². The molecular weight excluding hydrogens is 224 g/mol. The summed E-state index contributed by atoms with van der Waals surface area (Å²) in [5, 5.41) is 5.13. The summed E-state index contributed by atoms with van der Waals surface area (Å²) in [4.78, 5) is 3.15. The summed E-state index contributed by atoms with van der Waals surface area (Å²) >= 11 is 6.11. The van der Waals surface area contributed by atoms with Gasteiger partial charge in [-0.1, -0.05) is 17.7 Å². The van der Waals surface area contributed by atoms with Crippen molar-refractivity contribution in [3.05, 3.63) is 35.5 Å². The van der Waals surface area contributed by atoms with Crippen LogP contribution in [0.15, 0.2) is 30.5 Å². The van der Waals surface area contributed by atoms with Crippen molar-refractivity contribution in [3.8, 4) is 0 Å². The molecule has 2 N–H and O–H groups in total. The zero-order chi connectivity index (χ0) is 11.4. The highest BCUT2D eigenvalue weighted by Crippen LogP contribution is 2.24. The fraction of sp³-hybridized carbons (Fsp3) is 0.250. The first-order chi connectivity index (χ1) is 7.83. The van der Waals surface area contributed by atoms with Crippen molar-refractivity contribution in [1.82, 2.24) is 0 Å². The molecule has 0 amide bonds. The molecule has 0 radical (unpaired) electrons. The third kappa shape index (κ3) is 2.26. The Kier molecular flexibility index (Phi) is 3.59. The van der Waals surface area contributed by atoms with E-state index in [0.29, 0.717) is 6.61 Å². The first kappa shape index (κ1) is 11.2. The van der Waals surface area contributed by atoms with E-state index in [0.717, 1.165) is 28.2 Å². The summed E-state index contributed by atoms with van der Waals surface area (Å²) in [5.74, 6) is 0. The maximum absolute atomic E-state index is 6.11. The van der Waals surface area contributed by atoms with E-state index in [4.69, 9.17) is 16.3 Å². The smallest absolute Gasteiger partial charge is 0.231 e. The van der Waals surface area contributed by atoms with Gasteiger partial charge >= 0.3 is 0 Å². The van der Waals surface area contributed by atoms with Gasteiger partial charge in [0.1, 0.15) is 5.02 Å². The van der Waals surface area contributed by atoms with Gasteiger partial charge in [0.05, 0.1) is 17.7 Å². The number of halogens is 1. The lowest BCUT2D eigenvalue weighted by atomic mass is 10.2. The van der Waals surface area contributed by atoms with Gasteiger partial charge < -0.3 is 10.1 Å². The van der Waals surface area contributed by atoms with Gasteiger partial charge in [-0.15, -0.1) is 0 Å². The normalized spacial score (nSPS) is 10.6. The summed E-state index contributed by atoms with van der Waals surface area (Å²) in [5.41, 5.74) is 2.01. The average molecular weight is 238 g/mol. The van der Waals surface area contributed by atoms with Gasteiger partial charge in [0.2, 0.25) is 5.52 Å². The van der Waals surface area contributed by atoms with Gasteiger partial charge in [-0.25, -0.2) is 4.98 Å². The quantitative estimate of drug-likeness (QED) is 0.829. The molecule has 1 aromatic heterocycles. The van der Waals surface area contributed by atoms with Gasteiger partial charge in [0.15, 0.2) is 6.20 Å². The predicted molar refractivity (Wildman–Crippen MR) is 65.9 cm³/mol.